The van der Waals surface area contributed by atoms with Gasteiger partial charge in [-0.15, -0.1) is 0 Å². The number of nitrogen functional groups attached to an aromatic ring is 1. The predicted molar refractivity (Wildman–Crippen MR) is 83.3 cm³/mol. The summed E-state index contributed by atoms with van der Waals surface area (Å²) >= 11 is 0. The van der Waals surface area contributed by atoms with Crippen LogP contribution in [0.3, 0.4) is 0 Å². The number of nitrogens with zero attached hydrogens (tertiary/aromatic N) is 2. The van der Waals surface area contributed by atoms with E-state index in [2.05, 4.69) is 29.4 Å². The van der Waals surface area contributed by atoms with Crippen molar-refractivity contribution in [2.45, 2.75) is 38.5 Å². The average Bonchev–Trinajstić information content (AvgIpc) is 2.76. The molecule has 0 unspecified atom stereocenters. The Bertz CT molecular complexity index is 565. The van der Waals surface area contributed by atoms with E-state index in [1.807, 2.05) is 17.8 Å². The van der Waals surface area contributed by atoms with Crippen LogP contribution in [-0.4, -0.2) is 9.78 Å². The van der Waals surface area contributed by atoms with Crippen LogP contribution < -0.4 is 5.73 Å². The first kappa shape index (κ1) is 13.2. The van der Waals surface area contributed by atoms with Crippen LogP contribution in [0.1, 0.15) is 37.8 Å². The van der Waals surface area contributed by atoms with Crippen molar-refractivity contribution in [2.75, 3.05) is 5.73 Å². The number of aryl methyl sites for hydroxylation is 1. The summed E-state index contributed by atoms with van der Waals surface area (Å²) in [5, 5.41) is 4.67. The Labute approximate surface area is 120 Å². The van der Waals surface area contributed by atoms with Gasteiger partial charge in [-0.3, -0.25) is 4.68 Å². The van der Waals surface area contributed by atoms with Gasteiger partial charge in [0.15, 0.2) is 0 Å². The number of hydrogen-bond acceptors (Lipinski definition) is 2. The number of nitrogens with two attached hydrogens (primary N) is 1. The van der Waals surface area contributed by atoms with Gasteiger partial charge in [-0.2, -0.15) is 5.10 Å². The molecule has 1 heterocycles. The Kier molecular flexibility index (Phi) is 3.77. The van der Waals surface area contributed by atoms with Crippen LogP contribution >= 0.6 is 0 Å². The zero-order valence-corrected chi connectivity index (χ0v) is 12.2. The topological polar surface area (TPSA) is 43.8 Å². The van der Waals surface area contributed by atoms with Crippen molar-refractivity contribution in [2.24, 2.45) is 13.0 Å². The molecule has 0 saturated heterocycles. The van der Waals surface area contributed by atoms with E-state index in [9.17, 15) is 0 Å². The highest BCUT2D eigenvalue weighted by atomic mass is 15.3. The third-order valence-electron chi connectivity index (χ3n) is 4.43. The zero-order chi connectivity index (χ0) is 13.9. The van der Waals surface area contributed by atoms with Gasteiger partial charge in [0.25, 0.3) is 0 Å². The minimum atomic E-state index is 0.778. The number of hydrogen-bond donors (Lipinski definition) is 1. The second-order valence-electron chi connectivity index (χ2n) is 5.90. The smallest absolute Gasteiger partial charge is 0.129 e. The van der Waals surface area contributed by atoms with Crippen LogP contribution in [0.15, 0.2) is 30.3 Å². The van der Waals surface area contributed by atoms with E-state index in [1.54, 1.807) is 0 Å². The predicted octanol–water partition coefficient (Wildman–Crippen LogP) is 3.79. The molecule has 1 aromatic heterocycles. The molecular weight excluding hydrogens is 246 g/mol. The number of rotatable bonds is 3. The molecule has 3 nitrogen and oxygen atoms in total. The highest BCUT2D eigenvalue weighted by molar-refractivity contribution is 5.76. The second-order valence-corrected chi connectivity index (χ2v) is 5.90. The fourth-order valence-corrected chi connectivity index (χ4v) is 3.32. The summed E-state index contributed by atoms with van der Waals surface area (Å²) in [6.45, 7) is 0. The molecule has 2 aromatic rings. The van der Waals surface area contributed by atoms with Gasteiger partial charge >= 0.3 is 0 Å². The average molecular weight is 269 g/mol. The lowest BCUT2D eigenvalue weighted by molar-refractivity contribution is 0.354. The molecule has 1 saturated carbocycles. The van der Waals surface area contributed by atoms with Crippen molar-refractivity contribution in [1.82, 2.24) is 9.78 Å². The molecule has 1 aliphatic rings. The first-order chi connectivity index (χ1) is 9.75. The molecule has 0 radical (unpaired) electrons. The van der Waals surface area contributed by atoms with E-state index < -0.39 is 0 Å². The van der Waals surface area contributed by atoms with E-state index in [0.717, 1.165) is 23.7 Å². The molecule has 1 aliphatic carbocycles. The maximum atomic E-state index is 6.24. The molecule has 2 N–H and O–H groups in total. The standard InChI is InChI=1S/C17H23N3/c1-20-17(18)16(14-10-6-3-7-11-14)15(19-20)12-13-8-4-2-5-9-13/h3,6-7,10-11,13H,2,4-5,8-9,12,18H2,1H3. The Morgan fingerprint density at radius 1 is 1.15 bits per heavy atom. The SMILES string of the molecule is Cn1nc(CC2CCCCC2)c(-c2ccccc2)c1N. The summed E-state index contributed by atoms with van der Waals surface area (Å²) in [6, 6.07) is 10.4. The Hall–Kier alpha value is -1.77. The molecule has 0 aliphatic heterocycles. The maximum absolute atomic E-state index is 6.24. The molecule has 0 amide bonds. The van der Waals surface area contributed by atoms with Gasteiger partial charge in [-0.05, 0) is 17.9 Å². The number of anilines is 1. The third kappa shape index (κ3) is 2.58. The lowest BCUT2D eigenvalue weighted by atomic mass is 9.85. The van der Waals surface area contributed by atoms with E-state index in [0.29, 0.717) is 0 Å². The van der Waals surface area contributed by atoms with E-state index in [4.69, 9.17) is 5.73 Å². The molecule has 20 heavy (non-hydrogen) atoms. The van der Waals surface area contributed by atoms with Crippen LogP contribution in [0.25, 0.3) is 11.1 Å². The van der Waals surface area contributed by atoms with Crippen LogP contribution in [0.2, 0.25) is 0 Å². The van der Waals surface area contributed by atoms with E-state index in [-0.39, 0.29) is 0 Å². The Morgan fingerprint density at radius 3 is 2.55 bits per heavy atom. The molecule has 0 spiro atoms. The molecule has 106 valence electrons. The first-order valence-electron chi connectivity index (χ1n) is 7.62. The molecule has 3 heteroatoms. The molecule has 3 rings (SSSR count). The number of aromatic nitrogens is 2. The van der Waals surface area contributed by atoms with Crippen molar-refractivity contribution in [1.29, 1.82) is 0 Å². The summed E-state index contributed by atoms with van der Waals surface area (Å²) in [5.41, 5.74) is 9.73. The van der Waals surface area contributed by atoms with Gasteiger partial charge in [0, 0.05) is 12.6 Å². The van der Waals surface area contributed by atoms with Gasteiger partial charge in [-0.25, -0.2) is 0 Å². The maximum Gasteiger partial charge on any atom is 0.129 e. The third-order valence-corrected chi connectivity index (χ3v) is 4.43. The molecule has 1 aromatic carbocycles. The van der Waals surface area contributed by atoms with Crippen LogP contribution in [-0.2, 0) is 13.5 Å². The van der Waals surface area contributed by atoms with E-state index in [1.165, 1.54) is 43.4 Å². The fourth-order valence-electron chi connectivity index (χ4n) is 3.32. The van der Waals surface area contributed by atoms with Gasteiger partial charge < -0.3 is 5.73 Å². The number of benzene rings is 1. The minimum absolute atomic E-state index is 0.778. The Morgan fingerprint density at radius 2 is 1.85 bits per heavy atom. The minimum Gasteiger partial charge on any atom is -0.383 e. The molecule has 1 fully saturated rings. The molecule has 0 bridgehead atoms. The summed E-state index contributed by atoms with van der Waals surface area (Å²) in [4.78, 5) is 0. The monoisotopic (exact) mass is 269 g/mol. The van der Waals surface area contributed by atoms with Gasteiger partial charge in [0.05, 0.1) is 5.69 Å². The highest BCUT2D eigenvalue weighted by Gasteiger charge is 2.20. The van der Waals surface area contributed by atoms with Crippen molar-refractivity contribution in [3.05, 3.63) is 36.0 Å². The van der Waals surface area contributed by atoms with Crippen LogP contribution in [0.5, 0.6) is 0 Å². The van der Waals surface area contributed by atoms with Gasteiger partial charge in [0.2, 0.25) is 0 Å². The Balaban J connectivity index is 1.92. The fraction of sp³-hybridized carbons (Fsp3) is 0.471. The molecular formula is C17H23N3. The summed E-state index contributed by atoms with van der Waals surface area (Å²) in [7, 11) is 1.94. The summed E-state index contributed by atoms with van der Waals surface area (Å²) < 4.78 is 1.82. The van der Waals surface area contributed by atoms with Crippen LogP contribution in [0.4, 0.5) is 5.82 Å². The quantitative estimate of drug-likeness (QED) is 0.921. The summed E-state index contributed by atoms with van der Waals surface area (Å²) in [6.07, 6.45) is 7.87. The van der Waals surface area contributed by atoms with Crippen molar-refractivity contribution in [3.63, 3.8) is 0 Å². The van der Waals surface area contributed by atoms with Gasteiger partial charge in [-0.1, -0.05) is 62.4 Å². The lowest BCUT2D eigenvalue weighted by Crippen LogP contribution is -2.10. The van der Waals surface area contributed by atoms with Crippen molar-refractivity contribution in [3.8, 4) is 11.1 Å². The summed E-state index contributed by atoms with van der Waals surface area (Å²) in [5.74, 6) is 1.56. The highest BCUT2D eigenvalue weighted by Crippen LogP contribution is 2.33. The second kappa shape index (κ2) is 5.70. The zero-order valence-electron chi connectivity index (χ0n) is 12.2. The van der Waals surface area contributed by atoms with Crippen molar-refractivity contribution < 1.29 is 0 Å². The largest absolute Gasteiger partial charge is 0.383 e. The normalized spacial score (nSPS) is 16.4. The van der Waals surface area contributed by atoms with E-state index >= 15 is 0 Å². The first-order valence-corrected chi connectivity index (χ1v) is 7.62. The lowest BCUT2D eigenvalue weighted by Gasteiger charge is -2.21. The molecule has 0 atom stereocenters. The van der Waals surface area contributed by atoms with Crippen LogP contribution in [0, 0.1) is 5.92 Å². The van der Waals surface area contributed by atoms with Crippen molar-refractivity contribution >= 4 is 5.82 Å². The van der Waals surface area contributed by atoms with Gasteiger partial charge in [0.1, 0.15) is 5.82 Å².